The lowest BCUT2D eigenvalue weighted by atomic mass is 9.98. The number of aliphatic hydroxyl groups is 1. The highest BCUT2D eigenvalue weighted by molar-refractivity contribution is 5.94. The van der Waals surface area contributed by atoms with Crippen LogP contribution in [0.15, 0.2) is 30.5 Å². The first-order chi connectivity index (χ1) is 18.0. The number of aliphatic carboxylic acids is 2. The van der Waals surface area contributed by atoms with Gasteiger partial charge in [0.25, 0.3) is 0 Å². The molecule has 1 aromatic carbocycles. The van der Waals surface area contributed by atoms with Crippen molar-refractivity contribution in [3.8, 4) is 0 Å². The number of fused-ring (bicyclic) bond motifs is 1. The van der Waals surface area contributed by atoms with Crippen molar-refractivity contribution in [1.82, 2.24) is 20.9 Å². The molecule has 13 heteroatoms. The Bertz CT molecular complexity index is 1150. The van der Waals surface area contributed by atoms with Gasteiger partial charge < -0.3 is 42.0 Å². The highest BCUT2D eigenvalue weighted by Crippen LogP contribution is 2.18. The third-order valence-corrected chi connectivity index (χ3v) is 6.32. The number of aliphatic hydroxyl groups excluding tert-OH is 1. The average Bonchev–Trinajstić information content (AvgIpc) is 3.29. The normalized spacial score (nSPS) is 15.1. The molecule has 1 aromatic heterocycles. The number of hydrogen-bond donors (Lipinski definition) is 8. The molecule has 13 nitrogen and oxygen atoms in total. The van der Waals surface area contributed by atoms with Gasteiger partial charge in [0, 0.05) is 23.5 Å². The van der Waals surface area contributed by atoms with Crippen LogP contribution in [0.1, 0.15) is 38.7 Å². The summed E-state index contributed by atoms with van der Waals surface area (Å²) in [5.74, 6) is -5.52. The second-order valence-electron chi connectivity index (χ2n) is 9.12. The van der Waals surface area contributed by atoms with E-state index in [-0.39, 0.29) is 12.8 Å². The second-order valence-corrected chi connectivity index (χ2v) is 9.12. The first-order valence-corrected chi connectivity index (χ1v) is 12.3. The summed E-state index contributed by atoms with van der Waals surface area (Å²) in [6.45, 7) is 2.55. The summed E-state index contributed by atoms with van der Waals surface area (Å²) in [6, 6.07) is 2.22. The number of aromatic amines is 1. The van der Waals surface area contributed by atoms with E-state index in [1.807, 2.05) is 24.3 Å². The third kappa shape index (κ3) is 8.28. The number of carbonyl (C=O) groups excluding carboxylic acids is 3. The SMILES string of the molecule is CCC(C)C(NC(=O)C(CCC(=O)O)NC(=O)C(CO)NC(=O)C(N)Cc1c[nH]c2ccccc12)C(=O)O. The van der Waals surface area contributed by atoms with E-state index in [9.17, 15) is 34.2 Å². The summed E-state index contributed by atoms with van der Waals surface area (Å²) in [6.07, 6.45) is 1.48. The van der Waals surface area contributed by atoms with Crippen molar-refractivity contribution < 1.29 is 39.3 Å². The van der Waals surface area contributed by atoms with Gasteiger partial charge in [-0.05, 0) is 30.4 Å². The number of rotatable bonds is 15. The van der Waals surface area contributed by atoms with Gasteiger partial charge in [-0.1, -0.05) is 38.5 Å². The number of nitrogens with two attached hydrogens (primary N) is 1. The van der Waals surface area contributed by atoms with Crippen molar-refractivity contribution in [3.63, 3.8) is 0 Å². The minimum Gasteiger partial charge on any atom is -0.481 e. The van der Waals surface area contributed by atoms with E-state index < -0.39 is 72.8 Å². The Morgan fingerprint density at radius 3 is 2.21 bits per heavy atom. The molecule has 0 radical (unpaired) electrons. The fourth-order valence-corrected chi connectivity index (χ4v) is 3.85. The molecule has 9 N–H and O–H groups in total. The van der Waals surface area contributed by atoms with Crippen LogP contribution in [0.2, 0.25) is 0 Å². The maximum atomic E-state index is 12.8. The lowest BCUT2D eigenvalue weighted by Crippen LogP contribution is -2.58. The highest BCUT2D eigenvalue weighted by atomic mass is 16.4. The van der Waals surface area contributed by atoms with E-state index in [2.05, 4.69) is 20.9 Å². The molecule has 0 bridgehead atoms. The molecule has 0 fully saturated rings. The number of aromatic nitrogens is 1. The van der Waals surface area contributed by atoms with Crippen LogP contribution in [0.25, 0.3) is 10.9 Å². The topological polar surface area (TPSA) is 224 Å². The zero-order valence-corrected chi connectivity index (χ0v) is 21.3. The largest absolute Gasteiger partial charge is 0.481 e. The highest BCUT2D eigenvalue weighted by Gasteiger charge is 2.32. The number of para-hydroxylation sites is 1. The zero-order valence-electron chi connectivity index (χ0n) is 21.3. The molecule has 0 saturated carbocycles. The van der Waals surface area contributed by atoms with Crippen molar-refractivity contribution in [2.75, 3.05) is 6.61 Å². The molecule has 1 heterocycles. The molecule has 0 saturated heterocycles. The van der Waals surface area contributed by atoms with Gasteiger partial charge in [0.15, 0.2) is 0 Å². The Kier molecular flexibility index (Phi) is 11.2. The van der Waals surface area contributed by atoms with Gasteiger partial charge in [-0.2, -0.15) is 0 Å². The summed E-state index contributed by atoms with van der Waals surface area (Å²) < 4.78 is 0. The van der Waals surface area contributed by atoms with Crippen LogP contribution in [0.3, 0.4) is 0 Å². The van der Waals surface area contributed by atoms with Crippen molar-refractivity contribution in [2.45, 2.75) is 63.7 Å². The van der Waals surface area contributed by atoms with Gasteiger partial charge in [0.2, 0.25) is 17.7 Å². The van der Waals surface area contributed by atoms with Crippen molar-refractivity contribution in [1.29, 1.82) is 0 Å². The smallest absolute Gasteiger partial charge is 0.326 e. The summed E-state index contributed by atoms with van der Waals surface area (Å²) >= 11 is 0. The van der Waals surface area contributed by atoms with Crippen LogP contribution in [0, 0.1) is 5.92 Å². The maximum Gasteiger partial charge on any atom is 0.326 e. The molecule has 0 aliphatic carbocycles. The Morgan fingerprint density at radius 1 is 0.974 bits per heavy atom. The van der Waals surface area contributed by atoms with Crippen LogP contribution < -0.4 is 21.7 Å². The molecule has 38 heavy (non-hydrogen) atoms. The predicted octanol–water partition coefficient (Wildman–Crippen LogP) is -0.520. The lowest BCUT2D eigenvalue weighted by Gasteiger charge is -2.26. The van der Waals surface area contributed by atoms with Gasteiger partial charge in [-0.25, -0.2) is 4.79 Å². The summed E-state index contributed by atoms with van der Waals surface area (Å²) in [4.78, 5) is 64.0. The van der Waals surface area contributed by atoms with E-state index in [1.165, 1.54) is 0 Å². The number of amides is 3. The Hall–Kier alpha value is -3.97. The van der Waals surface area contributed by atoms with Crippen LogP contribution in [-0.2, 0) is 30.4 Å². The van der Waals surface area contributed by atoms with Crippen molar-refractivity contribution in [2.24, 2.45) is 11.7 Å². The van der Waals surface area contributed by atoms with Crippen LogP contribution in [0.5, 0.6) is 0 Å². The van der Waals surface area contributed by atoms with E-state index in [4.69, 9.17) is 10.8 Å². The predicted molar refractivity (Wildman–Crippen MR) is 137 cm³/mol. The minimum absolute atomic E-state index is 0.144. The summed E-state index contributed by atoms with van der Waals surface area (Å²) in [5.41, 5.74) is 7.69. The number of H-pyrrole nitrogens is 1. The fraction of sp³-hybridized carbons (Fsp3) is 0.480. The molecule has 5 atom stereocenters. The molecule has 0 spiro atoms. The molecule has 2 aromatic rings. The Morgan fingerprint density at radius 2 is 1.61 bits per heavy atom. The van der Waals surface area contributed by atoms with Gasteiger partial charge in [0.05, 0.1) is 12.6 Å². The van der Waals surface area contributed by atoms with Gasteiger partial charge in [-0.15, -0.1) is 0 Å². The Balaban J connectivity index is 2.07. The van der Waals surface area contributed by atoms with Gasteiger partial charge >= 0.3 is 11.9 Å². The van der Waals surface area contributed by atoms with E-state index in [0.29, 0.717) is 6.42 Å². The number of nitrogens with one attached hydrogen (secondary N) is 4. The van der Waals surface area contributed by atoms with Crippen molar-refractivity contribution >= 4 is 40.6 Å². The maximum absolute atomic E-state index is 12.8. The quantitative estimate of drug-likeness (QED) is 0.147. The van der Waals surface area contributed by atoms with Crippen LogP contribution in [0.4, 0.5) is 0 Å². The Labute approximate surface area is 219 Å². The molecular weight excluding hydrogens is 498 g/mol. The number of carboxylic acids is 2. The third-order valence-electron chi connectivity index (χ3n) is 6.32. The van der Waals surface area contributed by atoms with Crippen molar-refractivity contribution in [3.05, 3.63) is 36.0 Å². The molecule has 2 rings (SSSR count). The minimum atomic E-state index is -1.48. The standard InChI is InChI=1S/C25H35N5O8/c1-3-13(2)21(25(37)38)30-23(35)18(8-9-20(32)33)28-24(36)19(12-31)29-22(34)16(26)10-14-11-27-17-7-5-4-6-15(14)17/h4-7,11,13,16,18-19,21,27,31H,3,8-10,12,26H2,1-2H3,(H,28,36)(H,29,34)(H,30,35)(H,32,33)(H,37,38). The molecule has 0 aliphatic rings. The number of carbonyl (C=O) groups is 5. The first-order valence-electron chi connectivity index (χ1n) is 12.3. The van der Waals surface area contributed by atoms with Gasteiger partial charge in [0.1, 0.15) is 18.1 Å². The monoisotopic (exact) mass is 533 g/mol. The first kappa shape index (κ1) is 30.3. The summed E-state index contributed by atoms with van der Waals surface area (Å²) in [5, 5.41) is 36.1. The number of benzene rings is 1. The van der Waals surface area contributed by atoms with Gasteiger partial charge in [-0.3, -0.25) is 19.2 Å². The molecular formula is C25H35N5O8. The second kappa shape index (κ2) is 14.1. The van der Waals surface area contributed by atoms with Crippen LogP contribution in [-0.4, -0.2) is 80.7 Å². The molecule has 3 amide bonds. The molecule has 0 aliphatic heterocycles. The molecule has 208 valence electrons. The van der Waals surface area contributed by atoms with E-state index >= 15 is 0 Å². The average molecular weight is 534 g/mol. The number of carboxylic acid groups (broad SMARTS) is 2. The fourth-order valence-electron chi connectivity index (χ4n) is 3.85. The number of hydrogen-bond acceptors (Lipinski definition) is 7. The lowest BCUT2D eigenvalue weighted by molar-refractivity contribution is -0.144. The summed E-state index contributed by atoms with van der Waals surface area (Å²) in [7, 11) is 0. The molecule has 5 unspecified atom stereocenters. The zero-order chi connectivity index (χ0) is 28.4. The van der Waals surface area contributed by atoms with E-state index in [1.54, 1.807) is 20.0 Å². The van der Waals surface area contributed by atoms with E-state index in [0.717, 1.165) is 16.5 Å². The van der Waals surface area contributed by atoms with Crippen LogP contribution >= 0.6 is 0 Å².